The van der Waals surface area contributed by atoms with E-state index in [0.717, 1.165) is 0 Å². The molecule has 0 aromatic heterocycles. The van der Waals surface area contributed by atoms with E-state index in [1.165, 1.54) is 0 Å². The van der Waals surface area contributed by atoms with Crippen LogP contribution in [0.4, 0.5) is 4.79 Å². The second-order valence-corrected chi connectivity index (χ2v) is 4.26. The van der Waals surface area contributed by atoms with Crippen molar-refractivity contribution in [3.8, 4) is 0 Å². The molecule has 0 spiro atoms. The molecule has 0 saturated carbocycles. The van der Waals surface area contributed by atoms with Crippen LogP contribution in [0.3, 0.4) is 0 Å². The number of amides is 1. The summed E-state index contributed by atoms with van der Waals surface area (Å²) in [6.07, 6.45) is -0.768. The zero-order valence-electron chi connectivity index (χ0n) is 9.46. The Morgan fingerprint density at radius 3 is 2.13 bits per heavy atom. The first-order chi connectivity index (χ1) is 6.60. The highest BCUT2D eigenvalue weighted by atomic mass is 16.6. The highest BCUT2D eigenvalue weighted by molar-refractivity contribution is 5.83. The first-order valence-corrected chi connectivity index (χ1v) is 4.64. The van der Waals surface area contributed by atoms with Crippen LogP contribution < -0.4 is 11.1 Å². The van der Waals surface area contributed by atoms with Crippen LogP contribution in [-0.2, 0) is 9.53 Å². The average molecular weight is 218 g/mol. The third-order valence-corrected chi connectivity index (χ3v) is 1.66. The number of hydrogen-bond donors (Lipinski definition) is 3. The van der Waals surface area contributed by atoms with Crippen LogP contribution in [0.1, 0.15) is 34.1 Å². The maximum atomic E-state index is 11.3. The summed E-state index contributed by atoms with van der Waals surface area (Å²) in [5.74, 6) is -1.30. The van der Waals surface area contributed by atoms with Gasteiger partial charge in [-0.1, -0.05) is 6.92 Å². The average Bonchev–Trinajstić information content (AvgIpc) is 1.99. The van der Waals surface area contributed by atoms with Crippen molar-refractivity contribution in [2.45, 2.75) is 45.4 Å². The molecule has 1 atom stereocenters. The molecule has 4 N–H and O–H groups in total. The van der Waals surface area contributed by atoms with Gasteiger partial charge in [0.15, 0.2) is 5.66 Å². The molecule has 0 radical (unpaired) electrons. The molecule has 88 valence electrons. The van der Waals surface area contributed by atoms with Crippen molar-refractivity contribution in [3.05, 3.63) is 0 Å². The minimum absolute atomic E-state index is 0.0710. The topological polar surface area (TPSA) is 102 Å². The van der Waals surface area contributed by atoms with Crippen LogP contribution in [-0.4, -0.2) is 28.4 Å². The quantitative estimate of drug-likeness (QED) is 0.604. The Labute approximate surface area is 88.8 Å². The molecular weight excluding hydrogens is 200 g/mol. The van der Waals surface area contributed by atoms with Gasteiger partial charge in [0.1, 0.15) is 5.60 Å². The van der Waals surface area contributed by atoms with Gasteiger partial charge in [-0.25, -0.2) is 9.59 Å². The summed E-state index contributed by atoms with van der Waals surface area (Å²) in [4.78, 5) is 22.0. The summed E-state index contributed by atoms with van der Waals surface area (Å²) in [7, 11) is 0. The highest BCUT2D eigenvalue weighted by Gasteiger charge is 2.35. The number of carboxylic acids is 1. The molecule has 0 unspecified atom stereocenters. The summed E-state index contributed by atoms with van der Waals surface area (Å²) >= 11 is 0. The molecule has 0 fully saturated rings. The molecular formula is C9H18N2O4. The summed E-state index contributed by atoms with van der Waals surface area (Å²) in [6.45, 7) is 6.60. The smallest absolute Gasteiger partial charge is 0.409 e. The summed E-state index contributed by atoms with van der Waals surface area (Å²) < 4.78 is 4.89. The van der Waals surface area contributed by atoms with Crippen molar-refractivity contribution < 1.29 is 19.4 Å². The van der Waals surface area contributed by atoms with Crippen molar-refractivity contribution in [3.63, 3.8) is 0 Å². The number of nitrogens with one attached hydrogen (secondary N) is 1. The molecule has 0 heterocycles. The van der Waals surface area contributed by atoms with Crippen molar-refractivity contribution in [1.29, 1.82) is 0 Å². The first-order valence-electron chi connectivity index (χ1n) is 4.64. The Kier molecular flexibility index (Phi) is 4.09. The van der Waals surface area contributed by atoms with Crippen LogP contribution in [0.15, 0.2) is 0 Å². The Hall–Kier alpha value is -1.30. The number of nitrogens with two attached hydrogens (primary N) is 1. The number of carbonyl (C=O) groups is 2. The molecule has 0 aromatic rings. The molecule has 15 heavy (non-hydrogen) atoms. The predicted molar refractivity (Wildman–Crippen MR) is 54.2 cm³/mol. The van der Waals surface area contributed by atoms with E-state index in [1.807, 2.05) is 0 Å². The van der Waals surface area contributed by atoms with E-state index in [4.69, 9.17) is 15.6 Å². The zero-order valence-corrected chi connectivity index (χ0v) is 9.46. The van der Waals surface area contributed by atoms with Gasteiger partial charge in [0.2, 0.25) is 0 Å². The molecule has 0 bridgehead atoms. The Morgan fingerprint density at radius 1 is 1.40 bits per heavy atom. The van der Waals surface area contributed by atoms with E-state index in [9.17, 15) is 9.59 Å². The van der Waals surface area contributed by atoms with Gasteiger partial charge < -0.3 is 9.84 Å². The number of alkyl carbamates (subject to hydrolysis) is 1. The Morgan fingerprint density at radius 2 is 1.87 bits per heavy atom. The van der Waals surface area contributed by atoms with Gasteiger partial charge in [-0.15, -0.1) is 0 Å². The third kappa shape index (κ3) is 4.64. The van der Waals surface area contributed by atoms with Crippen LogP contribution in [0.2, 0.25) is 0 Å². The van der Waals surface area contributed by atoms with Crippen LogP contribution in [0.5, 0.6) is 0 Å². The van der Waals surface area contributed by atoms with Gasteiger partial charge in [-0.3, -0.25) is 11.1 Å². The Bertz CT molecular complexity index is 259. The molecule has 0 aliphatic rings. The van der Waals surface area contributed by atoms with Gasteiger partial charge in [-0.05, 0) is 27.2 Å². The highest BCUT2D eigenvalue weighted by Crippen LogP contribution is 2.09. The van der Waals surface area contributed by atoms with Gasteiger partial charge in [0, 0.05) is 0 Å². The SMILES string of the molecule is CC[C@](N)(NC(=O)OC(C)(C)C)C(=O)O. The van der Waals surface area contributed by atoms with Gasteiger partial charge in [0.05, 0.1) is 0 Å². The minimum atomic E-state index is -1.78. The van der Waals surface area contributed by atoms with E-state index >= 15 is 0 Å². The number of rotatable bonds is 3. The van der Waals surface area contributed by atoms with E-state index < -0.39 is 23.3 Å². The second kappa shape index (κ2) is 4.48. The van der Waals surface area contributed by atoms with Gasteiger partial charge in [0.25, 0.3) is 0 Å². The monoisotopic (exact) mass is 218 g/mol. The fraction of sp³-hybridized carbons (Fsp3) is 0.778. The minimum Gasteiger partial charge on any atom is -0.478 e. The zero-order chi connectivity index (χ0) is 12.3. The largest absolute Gasteiger partial charge is 0.478 e. The number of ether oxygens (including phenoxy) is 1. The summed E-state index contributed by atoms with van der Waals surface area (Å²) in [6, 6.07) is 0. The second-order valence-electron chi connectivity index (χ2n) is 4.26. The van der Waals surface area contributed by atoms with Gasteiger partial charge >= 0.3 is 12.1 Å². The van der Waals surface area contributed by atoms with Crippen LogP contribution in [0.25, 0.3) is 0 Å². The molecule has 0 aliphatic carbocycles. The lowest BCUT2D eigenvalue weighted by molar-refractivity contribution is -0.144. The Balaban J connectivity index is 4.45. The molecule has 0 rings (SSSR count). The normalized spacial score (nSPS) is 15.3. The van der Waals surface area contributed by atoms with Crippen LogP contribution >= 0.6 is 0 Å². The van der Waals surface area contributed by atoms with Crippen molar-refractivity contribution in [2.75, 3.05) is 0 Å². The first kappa shape index (κ1) is 13.7. The molecule has 0 saturated heterocycles. The fourth-order valence-electron chi connectivity index (χ4n) is 0.779. The van der Waals surface area contributed by atoms with Crippen molar-refractivity contribution in [2.24, 2.45) is 5.73 Å². The lowest BCUT2D eigenvalue weighted by Crippen LogP contribution is -2.61. The van der Waals surface area contributed by atoms with E-state index in [1.54, 1.807) is 27.7 Å². The number of carboxylic acid groups (broad SMARTS) is 1. The summed E-state index contributed by atoms with van der Waals surface area (Å²) in [5.41, 5.74) is 2.99. The number of aliphatic carboxylic acids is 1. The van der Waals surface area contributed by atoms with Crippen LogP contribution in [0, 0.1) is 0 Å². The molecule has 6 heteroatoms. The maximum absolute atomic E-state index is 11.3. The van der Waals surface area contributed by atoms with Crippen molar-refractivity contribution in [1.82, 2.24) is 5.32 Å². The predicted octanol–water partition coefficient (Wildman–Crippen LogP) is 0.661. The van der Waals surface area contributed by atoms with E-state index in [0.29, 0.717) is 0 Å². The van der Waals surface area contributed by atoms with E-state index in [2.05, 4.69) is 5.32 Å². The van der Waals surface area contributed by atoms with Gasteiger partial charge in [-0.2, -0.15) is 0 Å². The number of carbonyl (C=O) groups excluding carboxylic acids is 1. The molecule has 0 aromatic carbocycles. The third-order valence-electron chi connectivity index (χ3n) is 1.66. The lowest BCUT2D eigenvalue weighted by Gasteiger charge is -2.27. The van der Waals surface area contributed by atoms with E-state index in [-0.39, 0.29) is 6.42 Å². The van der Waals surface area contributed by atoms with Crippen molar-refractivity contribution >= 4 is 12.1 Å². The molecule has 1 amide bonds. The fourth-order valence-corrected chi connectivity index (χ4v) is 0.779. The lowest BCUT2D eigenvalue weighted by atomic mass is 10.1. The number of hydrogen-bond acceptors (Lipinski definition) is 4. The maximum Gasteiger partial charge on any atom is 0.409 e. The standard InChI is InChI=1S/C9H18N2O4/c1-5-9(10,6(12)13)11-7(14)15-8(2,3)4/h5,10H2,1-4H3,(H,11,14)(H,12,13)/t9-/m0/s1. The summed E-state index contributed by atoms with van der Waals surface area (Å²) in [5, 5.41) is 10.9. The molecule has 0 aliphatic heterocycles. The molecule has 6 nitrogen and oxygen atoms in total.